The van der Waals surface area contributed by atoms with Crippen LogP contribution >= 0.6 is 0 Å². The zero-order chi connectivity index (χ0) is 30.7. The summed E-state index contributed by atoms with van der Waals surface area (Å²) >= 11 is 0. The Kier molecular flexibility index (Phi) is 20.9. The number of hydrogen-bond donors (Lipinski definition) is 5. The molecule has 40 heavy (non-hydrogen) atoms. The van der Waals surface area contributed by atoms with E-state index in [0.29, 0.717) is 11.5 Å². The third kappa shape index (κ3) is 16.5. The largest absolute Gasteiger partial charge is 0.479 e. The van der Waals surface area contributed by atoms with Gasteiger partial charge in [-0.2, -0.15) is 0 Å². The molecule has 9 heteroatoms. The van der Waals surface area contributed by atoms with Crippen LogP contribution in [0.2, 0.25) is 0 Å². The van der Waals surface area contributed by atoms with Gasteiger partial charge in [0.1, 0.15) is 12.0 Å². The molecule has 0 saturated carbocycles. The van der Waals surface area contributed by atoms with Crippen molar-refractivity contribution < 1.29 is 44.7 Å². The summed E-state index contributed by atoms with van der Waals surface area (Å²) in [5.74, 6) is -3.92. The molecule has 0 unspecified atom stereocenters. The SMILES string of the molecule is CCCCCCCCC[C@@H](O)CCCC[C@H](C)C[C@H](C)/C=C(\C)C(=O)[C@H](C)C(=O)O[C@@H](CO)[C@H](O)[C@H](O)C(=O)O. The highest BCUT2D eigenvalue weighted by Crippen LogP contribution is 2.22. The summed E-state index contributed by atoms with van der Waals surface area (Å²) in [5.41, 5.74) is 0.393. The smallest absolute Gasteiger partial charge is 0.335 e. The summed E-state index contributed by atoms with van der Waals surface area (Å²) in [6, 6.07) is 0. The van der Waals surface area contributed by atoms with Gasteiger partial charge in [-0.3, -0.25) is 9.59 Å². The summed E-state index contributed by atoms with van der Waals surface area (Å²) in [5, 5.41) is 47.6. The Morgan fingerprint density at radius 3 is 1.90 bits per heavy atom. The first kappa shape index (κ1) is 38.2. The van der Waals surface area contributed by atoms with Crippen molar-refractivity contribution in [3.63, 3.8) is 0 Å². The summed E-state index contributed by atoms with van der Waals surface area (Å²) < 4.78 is 4.92. The molecule has 0 fully saturated rings. The maximum atomic E-state index is 12.8. The van der Waals surface area contributed by atoms with Gasteiger partial charge >= 0.3 is 11.9 Å². The fourth-order valence-electron chi connectivity index (χ4n) is 4.95. The molecule has 7 atom stereocenters. The van der Waals surface area contributed by atoms with Crippen LogP contribution in [-0.4, -0.2) is 74.3 Å². The van der Waals surface area contributed by atoms with Gasteiger partial charge in [-0.25, -0.2) is 4.79 Å². The lowest BCUT2D eigenvalue weighted by atomic mass is 9.89. The number of aliphatic hydroxyl groups is 4. The topological polar surface area (TPSA) is 162 Å². The summed E-state index contributed by atoms with van der Waals surface area (Å²) in [6.07, 6.45) is 10.0. The highest BCUT2D eigenvalue weighted by Gasteiger charge is 2.35. The van der Waals surface area contributed by atoms with E-state index in [-0.39, 0.29) is 12.0 Å². The van der Waals surface area contributed by atoms with Crippen molar-refractivity contribution in [3.8, 4) is 0 Å². The number of unbranched alkanes of at least 4 members (excludes halogenated alkanes) is 7. The Balaban J connectivity index is 4.44. The number of carbonyl (C=O) groups excluding carboxylic acids is 2. The van der Waals surface area contributed by atoms with Gasteiger partial charge in [-0.15, -0.1) is 0 Å². The van der Waals surface area contributed by atoms with Crippen LogP contribution < -0.4 is 0 Å². The van der Waals surface area contributed by atoms with E-state index in [2.05, 4.69) is 13.8 Å². The number of carbonyl (C=O) groups is 3. The number of allylic oxidation sites excluding steroid dienone is 2. The third-order valence-electron chi connectivity index (χ3n) is 7.47. The van der Waals surface area contributed by atoms with Crippen molar-refractivity contribution in [2.45, 2.75) is 143 Å². The minimum atomic E-state index is -2.25. The van der Waals surface area contributed by atoms with Crippen LogP contribution in [-0.2, 0) is 19.1 Å². The number of ether oxygens (including phenoxy) is 1. The van der Waals surface area contributed by atoms with E-state index in [1.54, 1.807) is 6.92 Å². The van der Waals surface area contributed by atoms with Crippen molar-refractivity contribution >= 4 is 17.7 Å². The quantitative estimate of drug-likeness (QED) is 0.0483. The molecule has 0 saturated heterocycles. The third-order valence-corrected chi connectivity index (χ3v) is 7.47. The number of aliphatic carboxylic acids is 1. The van der Waals surface area contributed by atoms with Crippen molar-refractivity contribution in [1.82, 2.24) is 0 Å². The zero-order valence-corrected chi connectivity index (χ0v) is 25.4. The first-order valence-corrected chi connectivity index (χ1v) is 15.2. The molecule has 0 aromatic carbocycles. The molecule has 0 aliphatic heterocycles. The molecule has 9 nitrogen and oxygen atoms in total. The van der Waals surface area contributed by atoms with Crippen LogP contribution in [0.25, 0.3) is 0 Å². The highest BCUT2D eigenvalue weighted by atomic mass is 16.6. The van der Waals surface area contributed by atoms with E-state index >= 15 is 0 Å². The molecule has 0 rings (SSSR count). The van der Waals surface area contributed by atoms with Crippen molar-refractivity contribution in [2.24, 2.45) is 17.8 Å². The molecule has 0 amide bonds. The molecule has 0 aromatic heterocycles. The number of carboxylic acids is 1. The number of rotatable bonds is 24. The predicted molar refractivity (Wildman–Crippen MR) is 155 cm³/mol. The number of esters is 1. The van der Waals surface area contributed by atoms with E-state index in [4.69, 9.17) is 9.84 Å². The normalized spacial score (nSPS) is 17.4. The molecular weight excluding hydrogens is 516 g/mol. The van der Waals surface area contributed by atoms with Gasteiger partial charge in [0.2, 0.25) is 0 Å². The van der Waals surface area contributed by atoms with Gasteiger partial charge in [0.25, 0.3) is 0 Å². The second-order valence-corrected chi connectivity index (χ2v) is 11.5. The van der Waals surface area contributed by atoms with Crippen LogP contribution in [0.15, 0.2) is 11.6 Å². The fourth-order valence-corrected chi connectivity index (χ4v) is 4.95. The molecule has 234 valence electrons. The average molecular weight is 573 g/mol. The minimum Gasteiger partial charge on any atom is -0.479 e. The van der Waals surface area contributed by atoms with Crippen LogP contribution in [0.4, 0.5) is 0 Å². The molecule has 0 radical (unpaired) electrons. The van der Waals surface area contributed by atoms with Crippen LogP contribution in [0, 0.1) is 17.8 Å². The van der Waals surface area contributed by atoms with Gasteiger partial charge < -0.3 is 30.3 Å². The molecular formula is C31H56O9. The monoisotopic (exact) mass is 572 g/mol. The lowest BCUT2D eigenvalue weighted by Gasteiger charge is -2.24. The molecule has 0 aromatic rings. The fraction of sp³-hybridized carbons (Fsp3) is 0.839. The van der Waals surface area contributed by atoms with E-state index in [1.165, 1.54) is 45.4 Å². The van der Waals surface area contributed by atoms with Crippen LogP contribution in [0.3, 0.4) is 0 Å². The van der Waals surface area contributed by atoms with Gasteiger partial charge in [0.05, 0.1) is 12.7 Å². The molecule has 5 N–H and O–H groups in total. The molecule has 0 spiro atoms. The maximum Gasteiger partial charge on any atom is 0.335 e. The number of Topliss-reactive ketones (excluding diaryl/α,β-unsaturated/α-hetero) is 1. The van der Waals surface area contributed by atoms with Gasteiger partial charge in [-0.05, 0) is 50.5 Å². The van der Waals surface area contributed by atoms with Gasteiger partial charge in [0, 0.05) is 0 Å². The summed E-state index contributed by atoms with van der Waals surface area (Å²) in [4.78, 5) is 36.0. The average Bonchev–Trinajstić information content (AvgIpc) is 2.91. The molecule has 0 aliphatic rings. The second kappa shape index (κ2) is 21.9. The second-order valence-electron chi connectivity index (χ2n) is 11.5. The van der Waals surface area contributed by atoms with Crippen molar-refractivity contribution in [1.29, 1.82) is 0 Å². The Labute approximate surface area is 241 Å². The predicted octanol–water partition coefficient (Wildman–Crippen LogP) is 4.57. The molecule has 0 bridgehead atoms. The lowest BCUT2D eigenvalue weighted by molar-refractivity contribution is -0.176. The van der Waals surface area contributed by atoms with Crippen molar-refractivity contribution in [2.75, 3.05) is 6.61 Å². The standard InChI is InChI=1S/C31H56O9/c1-6-7-8-9-10-11-12-16-25(33)17-14-13-15-21(2)18-22(3)19-23(4)27(34)24(5)31(39)40-26(20-32)28(35)29(36)30(37)38/h19,21-22,24-26,28-29,32-33,35-36H,6-18,20H2,1-5H3,(H,37,38)/b23-19+/t21-,22-,24-,25+,26-,28-,29-/m0/s1. The Bertz CT molecular complexity index is 751. The lowest BCUT2D eigenvalue weighted by Crippen LogP contribution is -2.46. The number of carboxylic acid groups (broad SMARTS) is 1. The zero-order valence-electron chi connectivity index (χ0n) is 25.4. The van der Waals surface area contributed by atoms with E-state index in [1.807, 2.05) is 13.0 Å². The van der Waals surface area contributed by atoms with Gasteiger partial charge in [-0.1, -0.05) is 91.1 Å². The first-order chi connectivity index (χ1) is 18.8. The highest BCUT2D eigenvalue weighted by molar-refractivity contribution is 6.07. The molecule has 0 aliphatic carbocycles. The van der Waals surface area contributed by atoms with Crippen LogP contribution in [0.1, 0.15) is 118 Å². The Morgan fingerprint density at radius 2 is 1.35 bits per heavy atom. The van der Waals surface area contributed by atoms with Gasteiger partial charge in [0.15, 0.2) is 18.0 Å². The first-order valence-electron chi connectivity index (χ1n) is 15.2. The van der Waals surface area contributed by atoms with Crippen LogP contribution in [0.5, 0.6) is 0 Å². The Morgan fingerprint density at radius 1 is 0.825 bits per heavy atom. The maximum absolute atomic E-state index is 12.8. The molecule has 0 heterocycles. The van der Waals surface area contributed by atoms with E-state index < -0.39 is 48.6 Å². The summed E-state index contributed by atoms with van der Waals surface area (Å²) in [6.45, 7) is 8.44. The number of hydrogen-bond acceptors (Lipinski definition) is 8. The van der Waals surface area contributed by atoms with E-state index in [0.717, 1.165) is 44.9 Å². The Hall–Kier alpha value is -1.81. The van der Waals surface area contributed by atoms with Crippen molar-refractivity contribution in [3.05, 3.63) is 11.6 Å². The number of aliphatic hydroxyl groups excluding tert-OH is 4. The summed E-state index contributed by atoms with van der Waals surface area (Å²) in [7, 11) is 0. The van der Waals surface area contributed by atoms with E-state index in [9.17, 15) is 34.8 Å². The number of ketones is 1. The minimum absolute atomic E-state index is 0.0998.